The molecule has 0 saturated heterocycles. The van der Waals surface area contributed by atoms with Crippen LogP contribution in [0.25, 0.3) is 11.3 Å². The van der Waals surface area contributed by atoms with Crippen molar-refractivity contribution in [1.29, 1.82) is 0 Å². The van der Waals surface area contributed by atoms with Crippen molar-refractivity contribution in [3.63, 3.8) is 0 Å². The van der Waals surface area contributed by atoms with Crippen molar-refractivity contribution in [2.24, 2.45) is 0 Å². The van der Waals surface area contributed by atoms with Crippen molar-refractivity contribution in [1.82, 2.24) is 15.0 Å². The molecule has 3 aromatic rings. The smallest absolute Gasteiger partial charge is 0.123 e. The summed E-state index contributed by atoms with van der Waals surface area (Å²) in [7, 11) is 0. The SMILES string of the molecule is Nc1cccc(OCCn2nncc2-c2ccc(F)cc2)c1. The first-order valence-corrected chi connectivity index (χ1v) is 6.85. The van der Waals surface area contributed by atoms with Crippen LogP contribution >= 0.6 is 0 Å². The lowest BCUT2D eigenvalue weighted by Crippen LogP contribution is -2.11. The third-order valence-corrected chi connectivity index (χ3v) is 3.19. The zero-order valence-electron chi connectivity index (χ0n) is 11.8. The first-order chi connectivity index (χ1) is 10.7. The molecular weight excluding hydrogens is 283 g/mol. The van der Waals surface area contributed by atoms with Gasteiger partial charge in [-0.3, -0.25) is 0 Å². The molecule has 3 rings (SSSR count). The number of rotatable bonds is 5. The molecule has 2 aromatic carbocycles. The summed E-state index contributed by atoms with van der Waals surface area (Å²) in [6.07, 6.45) is 1.65. The first kappa shape index (κ1) is 14.1. The summed E-state index contributed by atoms with van der Waals surface area (Å²) in [4.78, 5) is 0. The van der Waals surface area contributed by atoms with Crippen molar-refractivity contribution >= 4 is 5.69 Å². The maximum Gasteiger partial charge on any atom is 0.123 e. The second-order valence-corrected chi connectivity index (χ2v) is 4.77. The summed E-state index contributed by atoms with van der Waals surface area (Å²) in [5.74, 6) is 0.441. The van der Waals surface area contributed by atoms with Crippen molar-refractivity contribution in [2.45, 2.75) is 6.54 Å². The van der Waals surface area contributed by atoms with Crippen LogP contribution < -0.4 is 10.5 Å². The van der Waals surface area contributed by atoms with E-state index >= 15 is 0 Å². The third kappa shape index (κ3) is 3.22. The van der Waals surface area contributed by atoms with Crippen LogP contribution in [-0.4, -0.2) is 21.6 Å². The van der Waals surface area contributed by atoms with Gasteiger partial charge >= 0.3 is 0 Å². The molecule has 0 saturated carbocycles. The summed E-state index contributed by atoms with van der Waals surface area (Å²) >= 11 is 0. The average molecular weight is 298 g/mol. The Labute approximate surface area is 127 Å². The van der Waals surface area contributed by atoms with Gasteiger partial charge < -0.3 is 10.5 Å². The summed E-state index contributed by atoms with van der Waals surface area (Å²) in [5.41, 5.74) is 8.03. The molecule has 2 N–H and O–H groups in total. The lowest BCUT2D eigenvalue weighted by atomic mass is 10.1. The molecule has 0 radical (unpaired) electrons. The standard InChI is InChI=1S/C16H15FN4O/c17-13-6-4-12(5-7-13)16-11-19-20-21(16)8-9-22-15-3-1-2-14(18)10-15/h1-7,10-11H,8-9,18H2. The van der Waals surface area contributed by atoms with E-state index in [9.17, 15) is 4.39 Å². The predicted molar refractivity (Wildman–Crippen MR) is 81.8 cm³/mol. The van der Waals surface area contributed by atoms with E-state index in [1.54, 1.807) is 35.1 Å². The summed E-state index contributed by atoms with van der Waals surface area (Å²) in [5, 5.41) is 7.94. The molecule has 0 aliphatic carbocycles. The minimum atomic E-state index is -0.271. The molecule has 0 fully saturated rings. The van der Waals surface area contributed by atoms with Gasteiger partial charge in [-0.1, -0.05) is 11.3 Å². The Kier molecular flexibility index (Phi) is 4.00. The molecule has 0 aliphatic rings. The summed E-state index contributed by atoms with van der Waals surface area (Å²) < 4.78 is 20.3. The third-order valence-electron chi connectivity index (χ3n) is 3.19. The highest BCUT2D eigenvalue weighted by atomic mass is 19.1. The summed E-state index contributed by atoms with van der Waals surface area (Å²) in [6, 6.07) is 13.5. The Balaban J connectivity index is 1.66. The minimum Gasteiger partial charge on any atom is -0.492 e. The van der Waals surface area contributed by atoms with Crippen LogP contribution in [0.2, 0.25) is 0 Å². The molecule has 1 aromatic heterocycles. The Morgan fingerprint density at radius 2 is 1.95 bits per heavy atom. The monoisotopic (exact) mass is 298 g/mol. The average Bonchev–Trinajstić information content (AvgIpc) is 2.97. The van der Waals surface area contributed by atoms with E-state index in [1.807, 2.05) is 12.1 Å². The Morgan fingerprint density at radius 1 is 1.14 bits per heavy atom. The second kappa shape index (κ2) is 6.26. The maximum atomic E-state index is 13.0. The summed E-state index contributed by atoms with van der Waals surface area (Å²) in [6.45, 7) is 0.961. The van der Waals surface area contributed by atoms with Gasteiger partial charge in [0.2, 0.25) is 0 Å². The molecule has 6 heteroatoms. The van der Waals surface area contributed by atoms with Gasteiger partial charge in [-0.05, 0) is 36.4 Å². The van der Waals surface area contributed by atoms with E-state index in [0.717, 1.165) is 11.3 Å². The van der Waals surface area contributed by atoms with E-state index < -0.39 is 0 Å². The van der Waals surface area contributed by atoms with E-state index in [4.69, 9.17) is 10.5 Å². The molecular formula is C16H15FN4O. The van der Waals surface area contributed by atoms with Gasteiger partial charge in [-0.15, -0.1) is 5.10 Å². The maximum absolute atomic E-state index is 13.0. The van der Waals surface area contributed by atoms with E-state index in [0.29, 0.717) is 24.6 Å². The van der Waals surface area contributed by atoms with Crippen molar-refractivity contribution in [3.05, 3.63) is 60.5 Å². The molecule has 0 atom stereocenters. The molecule has 0 unspecified atom stereocenters. The lowest BCUT2D eigenvalue weighted by molar-refractivity contribution is 0.291. The number of nitrogens with two attached hydrogens (primary N) is 1. The van der Waals surface area contributed by atoms with Crippen LogP contribution in [0.3, 0.4) is 0 Å². The number of hydrogen-bond donors (Lipinski definition) is 1. The highest BCUT2D eigenvalue weighted by molar-refractivity contribution is 5.57. The normalized spacial score (nSPS) is 10.6. The van der Waals surface area contributed by atoms with Crippen molar-refractivity contribution < 1.29 is 9.13 Å². The number of aromatic nitrogens is 3. The van der Waals surface area contributed by atoms with Gasteiger partial charge in [0.15, 0.2) is 0 Å². The van der Waals surface area contributed by atoms with Crippen molar-refractivity contribution in [2.75, 3.05) is 12.3 Å². The number of benzene rings is 2. The predicted octanol–water partition coefficient (Wildman–Crippen LogP) is 2.75. The highest BCUT2D eigenvalue weighted by Gasteiger charge is 2.07. The number of nitrogen functional groups attached to an aromatic ring is 1. The number of halogens is 1. The number of nitrogens with zero attached hydrogens (tertiary/aromatic N) is 3. The zero-order chi connectivity index (χ0) is 15.4. The molecule has 0 aliphatic heterocycles. The van der Waals surface area contributed by atoms with Crippen LogP contribution in [0.4, 0.5) is 10.1 Å². The van der Waals surface area contributed by atoms with Crippen LogP contribution in [0.5, 0.6) is 5.75 Å². The first-order valence-electron chi connectivity index (χ1n) is 6.85. The van der Waals surface area contributed by atoms with Crippen LogP contribution in [0, 0.1) is 5.82 Å². The van der Waals surface area contributed by atoms with Gasteiger partial charge in [0.05, 0.1) is 18.4 Å². The van der Waals surface area contributed by atoms with Gasteiger partial charge in [0.1, 0.15) is 18.2 Å². The topological polar surface area (TPSA) is 66.0 Å². The Bertz CT molecular complexity index is 755. The van der Waals surface area contributed by atoms with E-state index in [2.05, 4.69) is 10.3 Å². The van der Waals surface area contributed by atoms with Gasteiger partial charge in [-0.2, -0.15) is 0 Å². The molecule has 1 heterocycles. The molecule has 0 amide bonds. The number of hydrogen-bond acceptors (Lipinski definition) is 4. The zero-order valence-corrected chi connectivity index (χ0v) is 11.8. The number of ether oxygens (including phenoxy) is 1. The largest absolute Gasteiger partial charge is 0.492 e. The Morgan fingerprint density at radius 3 is 2.73 bits per heavy atom. The minimum absolute atomic E-state index is 0.271. The molecule has 22 heavy (non-hydrogen) atoms. The molecule has 0 bridgehead atoms. The fourth-order valence-corrected chi connectivity index (χ4v) is 2.12. The Hall–Kier alpha value is -2.89. The van der Waals surface area contributed by atoms with Gasteiger partial charge in [0.25, 0.3) is 0 Å². The highest BCUT2D eigenvalue weighted by Crippen LogP contribution is 2.19. The molecule has 5 nitrogen and oxygen atoms in total. The fraction of sp³-hybridized carbons (Fsp3) is 0.125. The quantitative estimate of drug-likeness (QED) is 0.736. The van der Waals surface area contributed by atoms with Gasteiger partial charge in [0, 0.05) is 17.3 Å². The lowest BCUT2D eigenvalue weighted by Gasteiger charge is -2.09. The number of anilines is 1. The van der Waals surface area contributed by atoms with Crippen molar-refractivity contribution in [3.8, 4) is 17.0 Å². The van der Waals surface area contributed by atoms with Crippen LogP contribution in [0.1, 0.15) is 0 Å². The van der Waals surface area contributed by atoms with Gasteiger partial charge in [-0.25, -0.2) is 9.07 Å². The van der Waals surface area contributed by atoms with E-state index in [1.165, 1.54) is 12.1 Å². The molecule has 0 spiro atoms. The van der Waals surface area contributed by atoms with Crippen LogP contribution in [-0.2, 0) is 6.54 Å². The van der Waals surface area contributed by atoms with E-state index in [-0.39, 0.29) is 5.82 Å². The fourth-order valence-electron chi connectivity index (χ4n) is 2.12. The molecule has 112 valence electrons. The second-order valence-electron chi connectivity index (χ2n) is 4.77. The van der Waals surface area contributed by atoms with Crippen LogP contribution in [0.15, 0.2) is 54.7 Å².